The summed E-state index contributed by atoms with van der Waals surface area (Å²) < 4.78 is 39.0. The second-order valence-electron chi connectivity index (χ2n) is 4.91. The number of carbonyl (C=O) groups excluding carboxylic acids is 2. The SMILES string of the molecule is NC(=O)c1cc(C(N)=O)c[n+](Cc2ccc(C(F)(F)F)cc2)c1. The first kappa shape index (κ1) is 16.5. The molecule has 4 N–H and O–H groups in total. The molecule has 8 heteroatoms. The predicted octanol–water partition coefficient (Wildman–Crippen LogP) is 1.24. The first-order chi connectivity index (χ1) is 10.7. The van der Waals surface area contributed by atoms with Gasteiger partial charge in [-0.2, -0.15) is 17.7 Å². The molecule has 2 rings (SSSR count). The van der Waals surface area contributed by atoms with Gasteiger partial charge in [0.05, 0.1) is 5.56 Å². The molecule has 1 heterocycles. The molecule has 23 heavy (non-hydrogen) atoms. The third-order valence-corrected chi connectivity index (χ3v) is 3.14. The van der Waals surface area contributed by atoms with Gasteiger partial charge in [0.25, 0.3) is 11.8 Å². The van der Waals surface area contributed by atoms with Gasteiger partial charge in [-0.25, -0.2) is 0 Å². The van der Waals surface area contributed by atoms with Gasteiger partial charge in [-0.15, -0.1) is 0 Å². The van der Waals surface area contributed by atoms with Crippen LogP contribution in [0.5, 0.6) is 0 Å². The monoisotopic (exact) mass is 324 g/mol. The lowest BCUT2D eigenvalue weighted by molar-refractivity contribution is -0.688. The summed E-state index contributed by atoms with van der Waals surface area (Å²) in [6.07, 6.45) is -1.62. The van der Waals surface area contributed by atoms with E-state index in [0.717, 1.165) is 12.1 Å². The van der Waals surface area contributed by atoms with Crippen LogP contribution in [0.2, 0.25) is 0 Å². The molecule has 0 unspecified atom stereocenters. The number of primary amides is 2. The van der Waals surface area contributed by atoms with Crippen LogP contribution >= 0.6 is 0 Å². The normalized spacial score (nSPS) is 11.3. The molecule has 0 saturated carbocycles. The van der Waals surface area contributed by atoms with Gasteiger partial charge in [0, 0.05) is 5.56 Å². The Morgan fingerprint density at radius 3 is 1.83 bits per heavy atom. The van der Waals surface area contributed by atoms with Crippen molar-refractivity contribution in [3.8, 4) is 0 Å². The fourth-order valence-electron chi connectivity index (χ4n) is 2.01. The number of hydrogen-bond acceptors (Lipinski definition) is 2. The van der Waals surface area contributed by atoms with Crippen molar-refractivity contribution in [2.24, 2.45) is 11.5 Å². The van der Waals surface area contributed by atoms with E-state index in [1.165, 1.54) is 35.2 Å². The number of halogens is 3. The maximum Gasteiger partial charge on any atom is 0.416 e. The average Bonchev–Trinajstić information content (AvgIpc) is 2.46. The fourth-order valence-corrected chi connectivity index (χ4v) is 2.01. The third kappa shape index (κ3) is 4.06. The zero-order valence-corrected chi connectivity index (χ0v) is 11.8. The van der Waals surface area contributed by atoms with Crippen LogP contribution in [0.15, 0.2) is 42.7 Å². The zero-order chi connectivity index (χ0) is 17.2. The molecule has 0 saturated heterocycles. The van der Waals surface area contributed by atoms with Crippen LogP contribution in [-0.4, -0.2) is 11.8 Å². The van der Waals surface area contributed by atoms with E-state index in [0.29, 0.717) is 5.56 Å². The lowest BCUT2D eigenvalue weighted by atomic mass is 10.1. The molecule has 1 aromatic carbocycles. The van der Waals surface area contributed by atoms with E-state index in [2.05, 4.69) is 0 Å². The Morgan fingerprint density at radius 1 is 0.957 bits per heavy atom. The van der Waals surface area contributed by atoms with E-state index in [1.54, 1.807) is 0 Å². The number of aromatic nitrogens is 1. The van der Waals surface area contributed by atoms with Gasteiger partial charge in [0.15, 0.2) is 18.9 Å². The molecule has 2 aromatic rings. The Bertz CT molecular complexity index is 723. The van der Waals surface area contributed by atoms with Gasteiger partial charge in [0.2, 0.25) is 0 Å². The summed E-state index contributed by atoms with van der Waals surface area (Å²) in [5, 5.41) is 0. The first-order valence-corrected chi connectivity index (χ1v) is 6.46. The van der Waals surface area contributed by atoms with Crippen molar-refractivity contribution in [3.63, 3.8) is 0 Å². The van der Waals surface area contributed by atoms with Crippen LogP contribution in [0.3, 0.4) is 0 Å². The summed E-state index contributed by atoms with van der Waals surface area (Å²) >= 11 is 0. The van der Waals surface area contributed by atoms with Crippen LogP contribution in [-0.2, 0) is 12.7 Å². The molecule has 120 valence electrons. The average molecular weight is 324 g/mol. The fraction of sp³-hybridized carbons (Fsp3) is 0.133. The molecule has 1 aromatic heterocycles. The molecule has 0 spiro atoms. The minimum Gasteiger partial charge on any atom is -0.365 e. The molecule has 0 atom stereocenters. The summed E-state index contributed by atoms with van der Waals surface area (Å²) in [4.78, 5) is 22.5. The topological polar surface area (TPSA) is 90.1 Å². The van der Waals surface area contributed by atoms with Crippen molar-refractivity contribution >= 4 is 11.8 Å². The number of alkyl halides is 3. The Hall–Kier alpha value is -2.90. The van der Waals surface area contributed by atoms with E-state index < -0.39 is 23.6 Å². The van der Waals surface area contributed by atoms with Gasteiger partial charge < -0.3 is 11.5 Å². The number of hydrogen-bond donors (Lipinski definition) is 2. The minimum atomic E-state index is -4.41. The van der Waals surface area contributed by atoms with E-state index in [4.69, 9.17) is 11.5 Å². The molecule has 0 aliphatic heterocycles. The van der Waals surface area contributed by atoms with Gasteiger partial charge in [-0.3, -0.25) is 9.59 Å². The number of rotatable bonds is 4. The smallest absolute Gasteiger partial charge is 0.365 e. The van der Waals surface area contributed by atoms with Crippen LogP contribution < -0.4 is 16.0 Å². The van der Waals surface area contributed by atoms with Gasteiger partial charge in [0.1, 0.15) is 11.1 Å². The number of pyridine rings is 1. The van der Waals surface area contributed by atoms with E-state index in [1.807, 2.05) is 0 Å². The maximum absolute atomic E-state index is 12.5. The van der Waals surface area contributed by atoms with Gasteiger partial charge in [-0.05, 0) is 18.2 Å². The lowest BCUT2D eigenvalue weighted by Crippen LogP contribution is -2.37. The highest BCUT2D eigenvalue weighted by Gasteiger charge is 2.30. The van der Waals surface area contributed by atoms with Crippen molar-refractivity contribution in [1.82, 2.24) is 0 Å². The van der Waals surface area contributed by atoms with E-state index in [9.17, 15) is 22.8 Å². The molecule has 2 amide bonds. The lowest BCUT2D eigenvalue weighted by Gasteiger charge is -2.07. The van der Waals surface area contributed by atoms with Crippen LogP contribution in [0, 0.1) is 0 Å². The second-order valence-corrected chi connectivity index (χ2v) is 4.91. The second kappa shape index (κ2) is 6.07. The Morgan fingerprint density at radius 2 is 1.43 bits per heavy atom. The zero-order valence-electron chi connectivity index (χ0n) is 11.8. The summed E-state index contributed by atoms with van der Waals surface area (Å²) in [5.41, 5.74) is 10.3. The van der Waals surface area contributed by atoms with Gasteiger partial charge >= 0.3 is 6.18 Å². The van der Waals surface area contributed by atoms with Crippen LogP contribution in [0.4, 0.5) is 13.2 Å². The molecule has 0 fully saturated rings. The Kier molecular flexibility index (Phi) is 4.35. The number of nitrogens with zero attached hydrogens (tertiary/aromatic N) is 1. The maximum atomic E-state index is 12.5. The predicted molar refractivity (Wildman–Crippen MR) is 74.2 cm³/mol. The Balaban J connectivity index is 2.32. The van der Waals surface area contributed by atoms with E-state index >= 15 is 0 Å². The number of nitrogens with two attached hydrogens (primary N) is 2. The molecule has 5 nitrogen and oxygen atoms in total. The van der Waals surface area contributed by atoms with E-state index in [-0.39, 0.29) is 17.7 Å². The van der Waals surface area contributed by atoms with Crippen molar-refractivity contribution in [2.75, 3.05) is 0 Å². The van der Waals surface area contributed by atoms with Crippen LogP contribution in [0.25, 0.3) is 0 Å². The molecular formula is C15H13F3N3O2+. The quantitative estimate of drug-likeness (QED) is 0.829. The van der Waals surface area contributed by atoms with Crippen LogP contribution in [0.1, 0.15) is 31.8 Å². The number of carbonyl (C=O) groups is 2. The number of amides is 2. The highest BCUT2D eigenvalue weighted by atomic mass is 19.4. The molecule has 0 radical (unpaired) electrons. The summed E-state index contributed by atoms with van der Waals surface area (Å²) in [6, 6.07) is 5.81. The molecule has 0 aliphatic carbocycles. The summed E-state index contributed by atoms with van der Waals surface area (Å²) in [7, 11) is 0. The standard InChI is InChI=1S/C15H12F3N3O2/c16-15(17,18)12-3-1-9(2-4-12)6-21-7-10(13(19)22)5-11(8-21)14(20)23/h1-5,7-8H,6H2,(H3-,19,20,22,23)/p+1. The molecular weight excluding hydrogens is 311 g/mol. The highest BCUT2D eigenvalue weighted by Crippen LogP contribution is 2.29. The van der Waals surface area contributed by atoms with Crippen molar-refractivity contribution in [1.29, 1.82) is 0 Å². The first-order valence-electron chi connectivity index (χ1n) is 6.46. The summed E-state index contributed by atoms with van der Waals surface area (Å²) in [6.45, 7) is 0.152. The molecule has 0 aliphatic rings. The number of benzene rings is 1. The third-order valence-electron chi connectivity index (χ3n) is 3.14. The highest BCUT2D eigenvalue weighted by molar-refractivity contribution is 5.97. The molecule has 0 bridgehead atoms. The Labute approximate surface area is 129 Å². The minimum absolute atomic E-state index is 0.0770. The van der Waals surface area contributed by atoms with Gasteiger partial charge in [-0.1, -0.05) is 12.1 Å². The van der Waals surface area contributed by atoms with Crippen molar-refractivity contribution < 1.29 is 27.3 Å². The van der Waals surface area contributed by atoms with Crippen molar-refractivity contribution in [2.45, 2.75) is 12.7 Å². The largest absolute Gasteiger partial charge is 0.416 e. The van der Waals surface area contributed by atoms with Crippen molar-refractivity contribution in [3.05, 3.63) is 65.0 Å². The summed E-state index contributed by atoms with van der Waals surface area (Å²) in [5.74, 6) is -1.48.